The molecule has 0 amide bonds. The summed E-state index contributed by atoms with van der Waals surface area (Å²) in [7, 11) is 0. The van der Waals surface area contributed by atoms with Crippen molar-refractivity contribution >= 4 is 17.3 Å². The summed E-state index contributed by atoms with van der Waals surface area (Å²) in [5.41, 5.74) is 7.25. The largest absolute Gasteiger partial charge is 0.376 e. The first-order valence-electron chi connectivity index (χ1n) is 10.1. The van der Waals surface area contributed by atoms with Gasteiger partial charge in [-0.15, -0.1) is 0 Å². The first-order valence-corrected chi connectivity index (χ1v) is 10.5. The van der Waals surface area contributed by atoms with Gasteiger partial charge in [0.25, 0.3) is 0 Å². The second-order valence-corrected chi connectivity index (χ2v) is 8.64. The van der Waals surface area contributed by atoms with Crippen molar-refractivity contribution in [3.8, 4) is 0 Å². The van der Waals surface area contributed by atoms with Gasteiger partial charge < -0.3 is 16.0 Å². The summed E-state index contributed by atoms with van der Waals surface area (Å²) in [6.45, 7) is 0.981. The molecule has 2 unspecified atom stereocenters. The number of hydrogen-bond acceptors (Lipinski definition) is 2. The quantitative estimate of drug-likeness (QED) is 0.728. The monoisotopic (exact) mass is 397 g/mol. The molecule has 3 nitrogen and oxygen atoms in total. The molecule has 0 spiro atoms. The lowest BCUT2D eigenvalue weighted by Gasteiger charge is -2.43. The van der Waals surface area contributed by atoms with Crippen molar-refractivity contribution < 1.29 is 4.39 Å². The van der Waals surface area contributed by atoms with E-state index in [-0.39, 0.29) is 6.04 Å². The lowest BCUT2D eigenvalue weighted by Crippen LogP contribution is -2.56. The minimum Gasteiger partial charge on any atom is -0.376 e. The second kappa shape index (κ2) is 8.18. The van der Waals surface area contributed by atoms with E-state index in [0.717, 1.165) is 12.8 Å². The standard InChI is InChI=1S/C23H28FN3S/c24-23(16-26-21-14-20(21)18-9-5-2-6-10-18)11-12-27(22(25)28)19(15-23)13-17-7-3-1-4-8-17/h1-10,19-21,26H,11-16H2,(H2,25,28)/t19?,20-,21+,23?/m0/s1. The van der Waals surface area contributed by atoms with E-state index in [4.69, 9.17) is 18.0 Å². The van der Waals surface area contributed by atoms with Crippen molar-refractivity contribution in [3.05, 3.63) is 71.8 Å². The molecule has 0 aromatic heterocycles. The average molecular weight is 398 g/mol. The van der Waals surface area contributed by atoms with Crippen molar-refractivity contribution in [1.29, 1.82) is 0 Å². The number of nitrogens with zero attached hydrogens (tertiary/aromatic N) is 1. The molecule has 2 aromatic rings. The molecule has 28 heavy (non-hydrogen) atoms. The molecule has 4 rings (SSSR count). The van der Waals surface area contributed by atoms with Crippen LogP contribution >= 0.6 is 12.2 Å². The number of nitrogens with two attached hydrogens (primary N) is 1. The van der Waals surface area contributed by atoms with Crippen LogP contribution in [0.3, 0.4) is 0 Å². The number of thiocarbonyl (C=S) groups is 1. The fourth-order valence-corrected chi connectivity index (χ4v) is 4.70. The first kappa shape index (κ1) is 19.3. The average Bonchev–Trinajstić information content (AvgIpc) is 3.48. The Kier molecular flexibility index (Phi) is 5.65. The smallest absolute Gasteiger partial charge is 0.166 e. The molecule has 5 heteroatoms. The van der Waals surface area contributed by atoms with Gasteiger partial charge in [0.15, 0.2) is 5.11 Å². The van der Waals surface area contributed by atoms with Crippen molar-refractivity contribution in [2.24, 2.45) is 5.73 Å². The molecule has 1 heterocycles. The molecular formula is C23H28FN3S. The van der Waals surface area contributed by atoms with Crippen LogP contribution in [0.25, 0.3) is 0 Å². The van der Waals surface area contributed by atoms with Crippen LogP contribution in [0.1, 0.15) is 36.3 Å². The van der Waals surface area contributed by atoms with Gasteiger partial charge in [-0.3, -0.25) is 0 Å². The Morgan fingerprint density at radius 3 is 2.50 bits per heavy atom. The van der Waals surface area contributed by atoms with E-state index >= 15 is 4.39 Å². The third-order valence-electron chi connectivity index (χ3n) is 6.14. The number of piperidine rings is 1. The zero-order valence-corrected chi connectivity index (χ0v) is 16.9. The van der Waals surface area contributed by atoms with Crippen molar-refractivity contribution in [2.75, 3.05) is 13.1 Å². The number of alkyl halides is 1. The van der Waals surface area contributed by atoms with Gasteiger partial charge in [-0.2, -0.15) is 0 Å². The summed E-state index contributed by atoms with van der Waals surface area (Å²) in [6, 6.07) is 21.1. The van der Waals surface area contributed by atoms with E-state index in [1.807, 2.05) is 29.2 Å². The lowest BCUT2D eigenvalue weighted by molar-refractivity contribution is 0.0498. The molecule has 1 aliphatic heterocycles. The Bertz CT molecular complexity index is 800. The Hall–Kier alpha value is -1.98. The van der Waals surface area contributed by atoms with Gasteiger partial charge in [0.2, 0.25) is 0 Å². The van der Waals surface area contributed by atoms with Crippen molar-refractivity contribution in [3.63, 3.8) is 0 Å². The molecule has 1 saturated heterocycles. The molecule has 0 bridgehead atoms. The van der Waals surface area contributed by atoms with Gasteiger partial charge in [0, 0.05) is 43.9 Å². The Morgan fingerprint density at radius 1 is 1.14 bits per heavy atom. The zero-order chi connectivity index (χ0) is 19.6. The van der Waals surface area contributed by atoms with Crippen LogP contribution in [-0.4, -0.2) is 40.9 Å². The van der Waals surface area contributed by atoms with Gasteiger partial charge in [-0.1, -0.05) is 60.7 Å². The van der Waals surface area contributed by atoms with Crippen LogP contribution in [0.2, 0.25) is 0 Å². The molecule has 0 radical (unpaired) electrons. The predicted octanol–water partition coefficient (Wildman–Crippen LogP) is 3.79. The van der Waals surface area contributed by atoms with E-state index in [9.17, 15) is 0 Å². The maximum Gasteiger partial charge on any atom is 0.166 e. The molecule has 148 valence electrons. The zero-order valence-electron chi connectivity index (χ0n) is 16.1. The third-order valence-corrected chi connectivity index (χ3v) is 6.37. The van der Waals surface area contributed by atoms with Crippen LogP contribution in [-0.2, 0) is 6.42 Å². The molecule has 2 aromatic carbocycles. The van der Waals surface area contributed by atoms with Gasteiger partial charge in [0.1, 0.15) is 5.67 Å². The van der Waals surface area contributed by atoms with E-state index in [2.05, 4.69) is 41.7 Å². The molecule has 3 N–H and O–H groups in total. The third kappa shape index (κ3) is 4.53. The predicted molar refractivity (Wildman–Crippen MR) is 116 cm³/mol. The summed E-state index contributed by atoms with van der Waals surface area (Å²) >= 11 is 5.24. The number of likely N-dealkylation sites (tertiary alicyclic amines) is 1. The van der Waals surface area contributed by atoms with Crippen LogP contribution in [0.5, 0.6) is 0 Å². The highest BCUT2D eigenvalue weighted by Gasteiger charge is 2.44. The molecule has 2 fully saturated rings. The maximum absolute atomic E-state index is 15.7. The fourth-order valence-electron chi connectivity index (χ4n) is 4.46. The summed E-state index contributed by atoms with van der Waals surface area (Å²) in [5.74, 6) is 0.515. The summed E-state index contributed by atoms with van der Waals surface area (Å²) in [5, 5.41) is 3.86. The number of benzene rings is 2. The first-order chi connectivity index (χ1) is 13.5. The maximum atomic E-state index is 15.7. The minimum absolute atomic E-state index is 0.00423. The lowest BCUT2D eigenvalue weighted by atomic mass is 9.85. The normalized spacial score (nSPS) is 29.5. The molecular weight excluding hydrogens is 369 g/mol. The Balaban J connectivity index is 1.37. The SMILES string of the molecule is NC(=S)N1CCC(F)(CN[C@@H]2C[C@H]2c2ccccc2)CC1Cc1ccccc1. The molecule has 1 aliphatic carbocycles. The van der Waals surface area contributed by atoms with Crippen LogP contribution in [0.15, 0.2) is 60.7 Å². The van der Waals surface area contributed by atoms with Gasteiger partial charge in [-0.25, -0.2) is 4.39 Å². The van der Waals surface area contributed by atoms with E-state index in [0.29, 0.717) is 43.0 Å². The highest BCUT2D eigenvalue weighted by atomic mass is 32.1. The summed E-state index contributed by atoms with van der Waals surface area (Å²) < 4.78 is 15.7. The van der Waals surface area contributed by atoms with Gasteiger partial charge in [0.05, 0.1) is 0 Å². The summed E-state index contributed by atoms with van der Waals surface area (Å²) in [4.78, 5) is 2.00. The highest BCUT2D eigenvalue weighted by molar-refractivity contribution is 7.80. The van der Waals surface area contributed by atoms with Crippen LogP contribution in [0, 0.1) is 0 Å². The number of nitrogens with one attached hydrogen (secondary N) is 1. The van der Waals surface area contributed by atoms with E-state index < -0.39 is 5.67 Å². The number of halogens is 1. The molecule has 1 saturated carbocycles. The van der Waals surface area contributed by atoms with Gasteiger partial charge in [-0.05, 0) is 36.2 Å². The van der Waals surface area contributed by atoms with E-state index in [1.165, 1.54) is 11.1 Å². The number of rotatable bonds is 6. The van der Waals surface area contributed by atoms with Crippen LogP contribution in [0.4, 0.5) is 4.39 Å². The number of hydrogen-bond donors (Lipinski definition) is 2. The minimum atomic E-state index is -1.22. The van der Waals surface area contributed by atoms with E-state index in [1.54, 1.807) is 0 Å². The van der Waals surface area contributed by atoms with Crippen LogP contribution < -0.4 is 11.1 Å². The molecule has 4 atom stereocenters. The topological polar surface area (TPSA) is 41.3 Å². The van der Waals surface area contributed by atoms with Crippen molar-refractivity contribution in [2.45, 2.75) is 49.4 Å². The Morgan fingerprint density at radius 2 is 1.82 bits per heavy atom. The van der Waals surface area contributed by atoms with Crippen molar-refractivity contribution in [1.82, 2.24) is 10.2 Å². The highest BCUT2D eigenvalue weighted by Crippen LogP contribution is 2.41. The molecule has 2 aliphatic rings. The fraction of sp³-hybridized carbons (Fsp3) is 0.435. The summed E-state index contributed by atoms with van der Waals surface area (Å²) in [6.07, 6.45) is 2.77. The van der Waals surface area contributed by atoms with Gasteiger partial charge >= 0.3 is 0 Å². The Labute approximate surface area is 172 Å². The second-order valence-electron chi connectivity index (χ2n) is 8.22.